The van der Waals surface area contributed by atoms with Crippen LogP contribution in [0.4, 0.5) is 5.69 Å². The van der Waals surface area contributed by atoms with Crippen LogP contribution < -0.4 is 15.2 Å². The second-order valence-corrected chi connectivity index (χ2v) is 5.41. The molecule has 20 heavy (non-hydrogen) atoms. The lowest BCUT2D eigenvalue weighted by Crippen LogP contribution is -2.15. The van der Waals surface area contributed by atoms with Crippen molar-refractivity contribution in [2.24, 2.45) is 5.14 Å². The number of hydrogen-bond acceptors (Lipinski definition) is 5. The molecule has 0 saturated carbocycles. The molecule has 0 saturated heterocycles. The van der Waals surface area contributed by atoms with Crippen molar-refractivity contribution >= 4 is 21.6 Å². The van der Waals surface area contributed by atoms with Crippen LogP contribution in [0.2, 0.25) is 0 Å². The second kappa shape index (κ2) is 5.31. The molecule has 0 bridgehead atoms. The van der Waals surface area contributed by atoms with E-state index in [0.717, 1.165) is 0 Å². The fraction of sp³-hybridized carbons (Fsp3) is 0.0909. The maximum absolute atomic E-state index is 11.9. The van der Waals surface area contributed by atoms with Crippen molar-refractivity contribution < 1.29 is 17.9 Å². The van der Waals surface area contributed by atoms with Crippen LogP contribution in [-0.4, -0.2) is 31.6 Å². The molecule has 0 aliphatic heterocycles. The van der Waals surface area contributed by atoms with Crippen LogP contribution in [0.1, 0.15) is 10.4 Å². The summed E-state index contributed by atoms with van der Waals surface area (Å²) in [7, 11) is -2.46. The number of ether oxygens (including phenoxy) is 1. The van der Waals surface area contributed by atoms with Gasteiger partial charge in [0.25, 0.3) is 5.91 Å². The molecule has 0 spiro atoms. The zero-order chi connectivity index (χ0) is 14.8. The topological polar surface area (TPSA) is 127 Å². The van der Waals surface area contributed by atoms with Crippen molar-refractivity contribution in [3.63, 3.8) is 0 Å². The van der Waals surface area contributed by atoms with Crippen molar-refractivity contribution in [1.82, 2.24) is 10.2 Å². The average Bonchev–Trinajstić information content (AvgIpc) is 2.91. The van der Waals surface area contributed by atoms with Gasteiger partial charge in [-0.2, -0.15) is 5.10 Å². The van der Waals surface area contributed by atoms with E-state index < -0.39 is 15.9 Å². The Morgan fingerprint density at radius 2 is 2.20 bits per heavy atom. The Morgan fingerprint density at radius 1 is 1.45 bits per heavy atom. The summed E-state index contributed by atoms with van der Waals surface area (Å²) in [5.74, 6) is -0.141. The largest absolute Gasteiger partial charge is 0.495 e. The minimum Gasteiger partial charge on any atom is -0.495 e. The number of nitrogens with two attached hydrogens (primary N) is 1. The fourth-order valence-corrected chi connectivity index (χ4v) is 2.07. The maximum Gasteiger partial charge on any atom is 0.258 e. The zero-order valence-electron chi connectivity index (χ0n) is 10.5. The van der Waals surface area contributed by atoms with Crippen LogP contribution in [0, 0.1) is 0 Å². The van der Waals surface area contributed by atoms with E-state index in [1.165, 1.54) is 37.7 Å². The van der Waals surface area contributed by atoms with Gasteiger partial charge in [0.1, 0.15) is 5.75 Å². The van der Waals surface area contributed by atoms with E-state index in [1.54, 1.807) is 0 Å². The molecule has 0 unspecified atom stereocenters. The first-order valence-corrected chi connectivity index (χ1v) is 6.97. The quantitative estimate of drug-likeness (QED) is 0.748. The summed E-state index contributed by atoms with van der Waals surface area (Å²) in [6.07, 6.45) is 2.75. The van der Waals surface area contributed by atoms with E-state index in [1.807, 2.05) is 0 Å². The van der Waals surface area contributed by atoms with E-state index >= 15 is 0 Å². The SMILES string of the molecule is COc1ccc(S(N)(=O)=O)cc1NC(=O)c1cn[nH]c1. The molecule has 9 heteroatoms. The number of aromatic amines is 1. The number of carbonyl (C=O) groups is 1. The molecule has 106 valence electrons. The molecular weight excluding hydrogens is 284 g/mol. The number of anilines is 1. The molecule has 0 fully saturated rings. The lowest BCUT2D eigenvalue weighted by molar-refractivity contribution is 0.102. The first-order valence-electron chi connectivity index (χ1n) is 5.43. The van der Waals surface area contributed by atoms with Crippen molar-refractivity contribution in [1.29, 1.82) is 0 Å². The Bertz CT molecular complexity index is 725. The number of nitrogens with zero attached hydrogens (tertiary/aromatic N) is 1. The van der Waals surface area contributed by atoms with Crippen molar-refractivity contribution in [2.45, 2.75) is 4.90 Å². The Hall–Kier alpha value is -2.39. The lowest BCUT2D eigenvalue weighted by atomic mass is 10.2. The van der Waals surface area contributed by atoms with Gasteiger partial charge in [-0.15, -0.1) is 0 Å². The highest BCUT2D eigenvalue weighted by molar-refractivity contribution is 7.89. The van der Waals surface area contributed by atoms with Gasteiger partial charge in [-0.1, -0.05) is 0 Å². The monoisotopic (exact) mass is 296 g/mol. The van der Waals surface area contributed by atoms with Gasteiger partial charge in [-0.25, -0.2) is 13.6 Å². The van der Waals surface area contributed by atoms with E-state index in [2.05, 4.69) is 15.5 Å². The standard InChI is InChI=1S/C11H12N4O4S/c1-19-10-3-2-8(20(12,17)18)4-9(10)15-11(16)7-5-13-14-6-7/h2-6H,1H3,(H,13,14)(H,15,16)(H2,12,17,18). The molecule has 0 aliphatic carbocycles. The minimum absolute atomic E-state index is 0.124. The highest BCUT2D eigenvalue weighted by atomic mass is 32.2. The van der Waals surface area contributed by atoms with Gasteiger partial charge in [-0.3, -0.25) is 9.89 Å². The molecule has 1 amide bonds. The summed E-state index contributed by atoms with van der Waals surface area (Å²) < 4.78 is 27.7. The molecule has 8 nitrogen and oxygen atoms in total. The van der Waals surface area contributed by atoms with Crippen LogP contribution >= 0.6 is 0 Å². The van der Waals surface area contributed by atoms with Gasteiger partial charge in [0, 0.05) is 6.20 Å². The summed E-state index contributed by atoms with van der Waals surface area (Å²) in [6, 6.07) is 3.93. The Kier molecular flexibility index (Phi) is 3.72. The number of benzene rings is 1. The summed E-state index contributed by atoms with van der Waals surface area (Å²) in [5.41, 5.74) is 0.498. The van der Waals surface area contributed by atoms with E-state index in [0.29, 0.717) is 11.3 Å². The Morgan fingerprint density at radius 3 is 2.75 bits per heavy atom. The Balaban J connectivity index is 2.37. The van der Waals surface area contributed by atoms with Crippen LogP contribution in [0.25, 0.3) is 0 Å². The second-order valence-electron chi connectivity index (χ2n) is 3.85. The lowest BCUT2D eigenvalue weighted by Gasteiger charge is -2.10. The predicted octanol–water partition coefficient (Wildman–Crippen LogP) is 0.318. The van der Waals surface area contributed by atoms with Crippen LogP contribution in [0.15, 0.2) is 35.5 Å². The number of primary sulfonamides is 1. The summed E-state index contributed by atoms with van der Waals surface area (Å²) in [5, 5.41) is 13.7. The fourth-order valence-electron chi connectivity index (χ4n) is 1.53. The molecular formula is C11H12N4O4S. The number of nitrogens with one attached hydrogen (secondary N) is 2. The number of rotatable bonds is 4. The number of sulfonamides is 1. The maximum atomic E-state index is 11.9. The van der Waals surface area contributed by atoms with E-state index in [9.17, 15) is 13.2 Å². The third-order valence-corrected chi connectivity index (χ3v) is 3.42. The van der Waals surface area contributed by atoms with Gasteiger partial charge < -0.3 is 10.1 Å². The average molecular weight is 296 g/mol. The number of carbonyl (C=O) groups excluding carboxylic acids is 1. The summed E-state index contributed by atoms with van der Waals surface area (Å²) in [4.78, 5) is 11.8. The third-order valence-electron chi connectivity index (χ3n) is 2.51. The number of methoxy groups -OCH3 is 1. The highest BCUT2D eigenvalue weighted by Gasteiger charge is 2.15. The van der Waals surface area contributed by atoms with Gasteiger partial charge in [0.2, 0.25) is 10.0 Å². The minimum atomic E-state index is -3.87. The van der Waals surface area contributed by atoms with Gasteiger partial charge in [-0.05, 0) is 18.2 Å². The smallest absolute Gasteiger partial charge is 0.258 e. The van der Waals surface area contributed by atoms with Crippen LogP contribution in [0.5, 0.6) is 5.75 Å². The highest BCUT2D eigenvalue weighted by Crippen LogP contribution is 2.27. The molecule has 1 heterocycles. The summed E-state index contributed by atoms with van der Waals surface area (Å²) in [6.45, 7) is 0. The number of amides is 1. The van der Waals surface area contributed by atoms with Crippen molar-refractivity contribution in [2.75, 3.05) is 12.4 Å². The molecule has 2 aromatic rings. The van der Waals surface area contributed by atoms with Gasteiger partial charge >= 0.3 is 0 Å². The van der Waals surface area contributed by atoms with Crippen molar-refractivity contribution in [3.8, 4) is 5.75 Å². The number of H-pyrrole nitrogens is 1. The Labute approximate surface area is 115 Å². The van der Waals surface area contributed by atoms with Crippen molar-refractivity contribution in [3.05, 3.63) is 36.2 Å². The summed E-state index contributed by atoms with van der Waals surface area (Å²) >= 11 is 0. The predicted molar refractivity (Wildman–Crippen MR) is 70.9 cm³/mol. The first kappa shape index (κ1) is 14.0. The number of aromatic nitrogens is 2. The van der Waals surface area contributed by atoms with Crippen LogP contribution in [0.3, 0.4) is 0 Å². The zero-order valence-corrected chi connectivity index (χ0v) is 11.3. The molecule has 4 N–H and O–H groups in total. The molecule has 0 radical (unpaired) electrons. The number of hydrogen-bond donors (Lipinski definition) is 3. The third kappa shape index (κ3) is 2.95. The van der Waals surface area contributed by atoms with Gasteiger partial charge in [0.05, 0.1) is 29.5 Å². The molecule has 1 aromatic heterocycles. The van der Waals surface area contributed by atoms with E-state index in [4.69, 9.17) is 9.88 Å². The normalized spacial score (nSPS) is 11.1. The van der Waals surface area contributed by atoms with Crippen LogP contribution in [-0.2, 0) is 10.0 Å². The molecule has 0 aliphatic rings. The molecule has 0 atom stereocenters. The van der Waals surface area contributed by atoms with Gasteiger partial charge in [0.15, 0.2) is 0 Å². The molecule has 2 rings (SSSR count). The molecule has 1 aromatic carbocycles. The first-order chi connectivity index (χ1) is 9.41. The van der Waals surface area contributed by atoms with E-state index in [-0.39, 0.29) is 10.6 Å².